The Labute approximate surface area is 71.3 Å². The van der Waals surface area contributed by atoms with Gasteiger partial charge in [-0.25, -0.2) is 4.39 Å². The summed E-state index contributed by atoms with van der Waals surface area (Å²) >= 11 is 0. The number of carbonyl (C=O) groups excluding carboxylic acids is 1. The molecule has 4 heteroatoms. The lowest BCUT2D eigenvalue weighted by atomic mass is 10.1. The fraction of sp³-hybridized carbons (Fsp3) is 0.875. The summed E-state index contributed by atoms with van der Waals surface area (Å²) in [5, 5.41) is 2.86. The second kappa shape index (κ2) is 3.85. The maximum Gasteiger partial charge on any atom is 0.323 e. The van der Waals surface area contributed by atoms with Gasteiger partial charge in [0.2, 0.25) is 0 Å². The van der Waals surface area contributed by atoms with Gasteiger partial charge in [-0.15, -0.1) is 0 Å². The lowest BCUT2D eigenvalue weighted by molar-refractivity contribution is -0.142. The standard InChI is InChI=1S/C8H14FNO2/c1-5(4-9)10-7-3-6(2)12-8(7)11/h5-7,10H,3-4H2,1-2H3. The Morgan fingerprint density at radius 2 is 2.50 bits per heavy atom. The molecule has 1 aliphatic heterocycles. The van der Waals surface area contributed by atoms with Gasteiger partial charge in [-0.05, 0) is 13.8 Å². The zero-order valence-corrected chi connectivity index (χ0v) is 7.34. The number of rotatable bonds is 3. The largest absolute Gasteiger partial charge is 0.461 e. The molecule has 0 amide bonds. The molecular formula is C8H14FNO2. The quantitative estimate of drug-likeness (QED) is 0.640. The van der Waals surface area contributed by atoms with Crippen molar-refractivity contribution in [2.45, 2.75) is 38.5 Å². The van der Waals surface area contributed by atoms with Crippen molar-refractivity contribution in [1.29, 1.82) is 0 Å². The first-order valence-corrected chi connectivity index (χ1v) is 4.16. The molecule has 3 unspecified atom stereocenters. The number of alkyl halides is 1. The topological polar surface area (TPSA) is 38.3 Å². The third-order valence-electron chi connectivity index (χ3n) is 1.89. The van der Waals surface area contributed by atoms with Crippen molar-refractivity contribution in [3.05, 3.63) is 0 Å². The van der Waals surface area contributed by atoms with Crippen LogP contribution in [-0.2, 0) is 9.53 Å². The van der Waals surface area contributed by atoms with Crippen molar-refractivity contribution in [2.24, 2.45) is 0 Å². The molecule has 70 valence electrons. The van der Waals surface area contributed by atoms with Gasteiger partial charge in [0.1, 0.15) is 18.8 Å². The van der Waals surface area contributed by atoms with Gasteiger partial charge in [-0.1, -0.05) is 0 Å². The summed E-state index contributed by atoms with van der Waals surface area (Å²) in [5.74, 6) is -0.261. The summed E-state index contributed by atoms with van der Waals surface area (Å²) in [4.78, 5) is 11.0. The lowest BCUT2D eigenvalue weighted by Crippen LogP contribution is -2.40. The van der Waals surface area contributed by atoms with E-state index < -0.39 is 6.67 Å². The van der Waals surface area contributed by atoms with Crippen LogP contribution in [0.4, 0.5) is 4.39 Å². The van der Waals surface area contributed by atoms with E-state index in [1.54, 1.807) is 6.92 Å². The van der Waals surface area contributed by atoms with Gasteiger partial charge in [-0.3, -0.25) is 10.1 Å². The van der Waals surface area contributed by atoms with Crippen LogP contribution < -0.4 is 5.32 Å². The molecule has 0 bridgehead atoms. The normalized spacial score (nSPS) is 31.8. The molecular weight excluding hydrogens is 161 g/mol. The van der Waals surface area contributed by atoms with Crippen molar-refractivity contribution in [1.82, 2.24) is 5.32 Å². The predicted molar refractivity (Wildman–Crippen MR) is 42.5 cm³/mol. The smallest absolute Gasteiger partial charge is 0.323 e. The van der Waals surface area contributed by atoms with Crippen LogP contribution >= 0.6 is 0 Å². The van der Waals surface area contributed by atoms with E-state index >= 15 is 0 Å². The van der Waals surface area contributed by atoms with E-state index in [4.69, 9.17) is 4.74 Å². The zero-order valence-electron chi connectivity index (χ0n) is 7.34. The second-order valence-corrected chi connectivity index (χ2v) is 3.26. The highest BCUT2D eigenvalue weighted by molar-refractivity contribution is 5.77. The maximum absolute atomic E-state index is 12.0. The SMILES string of the molecule is CC(CF)NC1CC(C)OC1=O. The number of halogens is 1. The number of carbonyl (C=O) groups is 1. The molecule has 1 N–H and O–H groups in total. The lowest BCUT2D eigenvalue weighted by Gasteiger charge is -2.12. The van der Waals surface area contributed by atoms with Crippen LogP contribution in [0.2, 0.25) is 0 Å². The van der Waals surface area contributed by atoms with Crippen molar-refractivity contribution in [3.63, 3.8) is 0 Å². The highest BCUT2D eigenvalue weighted by Crippen LogP contribution is 2.14. The molecule has 1 saturated heterocycles. The van der Waals surface area contributed by atoms with Crippen LogP contribution in [0.5, 0.6) is 0 Å². The monoisotopic (exact) mass is 175 g/mol. The average Bonchev–Trinajstić information content (AvgIpc) is 2.30. The number of cyclic esters (lactones) is 1. The Hall–Kier alpha value is -0.640. The average molecular weight is 175 g/mol. The van der Waals surface area contributed by atoms with Crippen molar-refractivity contribution in [3.8, 4) is 0 Å². The summed E-state index contributed by atoms with van der Waals surface area (Å²) in [6.45, 7) is 3.08. The van der Waals surface area contributed by atoms with Gasteiger partial charge in [0.25, 0.3) is 0 Å². The molecule has 1 fully saturated rings. The van der Waals surface area contributed by atoms with Gasteiger partial charge in [-0.2, -0.15) is 0 Å². The molecule has 0 aromatic heterocycles. The van der Waals surface area contributed by atoms with Crippen molar-refractivity contribution in [2.75, 3.05) is 6.67 Å². The van der Waals surface area contributed by atoms with E-state index in [-0.39, 0.29) is 24.2 Å². The number of esters is 1. The van der Waals surface area contributed by atoms with Gasteiger partial charge >= 0.3 is 5.97 Å². The van der Waals surface area contributed by atoms with E-state index in [9.17, 15) is 9.18 Å². The molecule has 0 spiro atoms. The fourth-order valence-electron chi connectivity index (χ4n) is 1.28. The molecule has 1 aliphatic rings. The molecule has 3 atom stereocenters. The molecule has 0 radical (unpaired) electrons. The highest BCUT2D eigenvalue weighted by atomic mass is 19.1. The van der Waals surface area contributed by atoms with Crippen LogP contribution in [0.3, 0.4) is 0 Å². The summed E-state index contributed by atoms with van der Waals surface area (Å²) in [6.07, 6.45) is 0.602. The van der Waals surface area contributed by atoms with E-state index in [0.717, 1.165) is 0 Å². The molecule has 0 saturated carbocycles. The number of ether oxygens (including phenoxy) is 1. The first-order valence-electron chi connectivity index (χ1n) is 4.16. The molecule has 12 heavy (non-hydrogen) atoms. The van der Waals surface area contributed by atoms with E-state index in [1.165, 1.54) is 0 Å². The molecule has 1 rings (SSSR count). The highest BCUT2D eigenvalue weighted by Gasteiger charge is 2.32. The molecule has 0 aromatic rings. The Balaban J connectivity index is 2.37. The first-order chi connectivity index (χ1) is 5.63. The molecule has 0 aromatic carbocycles. The molecule has 0 aliphatic carbocycles. The van der Waals surface area contributed by atoms with Crippen LogP contribution in [-0.4, -0.2) is 30.8 Å². The minimum Gasteiger partial charge on any atom is -0.461 e. The Morgan fingerprint density at radius 1 is 1.83 bits per heavy atom. The van der Waals surface area contributed by atoms with Gasteiger partial charge in [0.15, 0.2) is 0 Å². The number of nitrogens with one attached hydrogen (secondary N) is 1. The zero-order chi connectivity index (χ0) is 9.14. The predicted octanol–water partition coefficient (Wildman–Crippen LogP) is 0.638. The van der Waals surface area contributed by atoms with E-state index in [0.29, 0.717) is 6.42 Å². The maximum atomic E-state index is 12.0. The van der Waals surface area contributed by atoms with Crippen LogP contribution in [0.1, 0.15) is 20.3 Å². The van der Waals surface area contributed by atoms with Crippen molar-refractivity contribution >= 4 is 5.97 Å². The van der Waals surface area contributed by atoms with Crippen LogP contribution in [0.15, 0.2) is 0 Å². The second-order valence-electron chi connectivity index (χ2n) is 3.26. The summed E-state index contributed by atoms with van der Waals surface area (Å²) in [6, 6.07) is -0.585. The third-order valence-corrected chi connectivity index (χ3v) is 1.89. The van der Waals surface area contributed by atoms with Crippen molar-refractivity contribution < 1.29 is 13.9 Å². The van der Waals surface area contributed by atoms with Crippen LogP contribution in [0.25, 0.3) is 0 Å². The Morgan fingerprint density at radius 3 is 2.92 bits per heavy atom. The van der Waals surface area contributed by atoms with E-state index in [2.05, 4.69) is 5.32 Å². The summed E-state index contributed by atoms with van der Waals surface area (Å²) in [5.41, 5.74) is 0. The van der Waals surface area contributed by atoms with Gasteiger partial charge in [0.05, 0.1) is 0 Å². The molecule has 1 heterocycles. The molecule has 3 nitrogen and oxygen atoms in total. The Bertz CT molecular complexity index is 174. The third kappa shape index (κ3) is 2.17. The van der Waals surface area contributed by atoms with E-state index in [1.807, 2.05) is 6.92 Å². The Kier molecular flexibility index (Phi) is 3.03. The fourth-order valence-corrected chi connectivity index (χ4v) is 1.28. The number of hydrogen-bond donors (Lipinski definition) is 1. The first kappa shape index (κ1) is 9.45. The minimum absolute atomic E-state index is 0.0400. The van der Waals surface area contributed by atoms with Gasteiger partial charge < -0.3 is 4.74 Å². The number of hydrogen-bond acceptors (Lipinski definition) is 3. The summed E-state index contributed by atoms with van der Waals surface area (Å²) in [7, 11) is 0. The van der Waals surface area contributed by atoms with Gasteiger partial charge in [0, 0.05) is 12.5 Å². The minimum atomic E-state index is -0.460. The van der Waals surface area contributed by atoms with Crippen LogP contribution in [0, 0.1) is 0 Å². The summed E-state index contributed by atoms with van der Waals surface area (Å²) < 4.78 is 16.9.